The summed E-state index contributed by atoms with van der Waals surface area (Å²) in [5.74, 6) is -1.01. The summed E-state index contributed by atoms with van der Waals surface area (Å²) in [6.45, 7) is 1.54. The number of aromatic carboxylic acids is 1. The Bertz CT molecular complexity index is 702. The van der Waals surface area contributed by atoms with Crippen LogP contribution in [0.1, 0.15) is 10.4 Å². The van der Waals surface area contributed by atoms with Crippen LogP contribution in [0.3, 0.4) is 0 Å². The highest BCUT2D eigenvalue weighted by Crippen LogP contribution is 2.39. The second kappa shape index (κ2) is 5.30. The molecule has 0 amide bonds. The highest BCUT2D eigenvalue weighted by atomic mass is 35.5. The first-order valence-electron chi connectivity index (χ1n) is 6.69. The number of hydrogen-bond donors (Lipinski definition) is 1. The van der Waals surface area contributed by atoms with E-state index in [2.05, 4.69) is 4.90 Å². The van der Waals surface area contributed by atoms with Gasteiger partial charge in [-0.2, -0.15) is 0 Å². The third-order valence-electron chi connectivity index (χ3n) is 3.74. The Kier molecular flexibility index (Phi) is 3.47. The predicted molar refractivity (Wildman–Crippen MR) is 85.1 cm³/mol. The van der Waals surface area contributed by atoms with E-state index in [0.29, 0.717) is 12.2 Å². The maximum absolute atomic E-state index is 11.5. The van der Waals surface area contributed by atoms with E-state index in [1.807, 2.05) is 36.2 Å². The molecule has 0 aromatic heterocycles. The molecule has 2 aromatic rings. The largest absolute Gasteiger partial charge is 0.478 e. The number of carboxylic acids is 1. The van der Waals surface area contributed by atoms with Gasteiger partial charge in [-0.15, -0.1) is 0 Å². The summed E-state index contributed by atoms with van der Waals surface area (Å²) in [5, 5.41) is 9.72. The summed E-state index contributed by atoms with van der Waals surface area (Å²) in [5.41, 5.74) is 2.87. The van der Waals surface area contributed by atoms with Crippen molar-refractivity contribution in [3.05, 3.63) is 53.1 Å². The second-order valence-corrected chi connectivity index (χ2v) is 5.41. The molecule has 21 heavy (non-hydrogen) atoms. The highest BCUT2D eigenvalue weighted by molar-refractivity contribution is 6.34. The Morgan fingerprint density at radius 3 is 2.43 bits per heavy atom. The molecule has 0 saturated carbocycles. The van der Waals surface area contributed by atoms with Crippen LogP contribution in [0, 0.1) is 0 Å². The fraction of sp³-hybridized carbons (Fsp3) is 0.188. The molecule has 1 aliphatic rings. The van der Waals surface area contributed by atoms with E-state index >= 15 is 0 Å². The van der Waals surface area contributed by atoms with E-state index in [9.17, 15) is 9.90 Å². The minimum atomic E-state index is -1.01. The van der Waals surface area contributed by atoms with Gasteiger partial charge in [0.1, 0.15) is 5.56 Å². The SMILES string of the molecule is CN1CCN(c2cccc(Cl)c2C(=O)O)c2ccccc21. The average molecular weight is 303 g/mol. The third kappa shape index (κ3) is 2.32. The third-order valence-corrected chi connectivity index (χ3v) is 4.05. The average Bonchev–Trinajstić information content (AvgIpc) is 2.47. The fourth-order valence-corrected chi connectivity index (χ4v) is 2.96. The number of rotatable bonds is 2. The van der Waals surface area contributed by atoms with Gasteiger partial charge in [0.05, 0.1) is 22.1 Å². The molecule has 3 rings (SSSR count). The van der Waals surface area contributed by atoms with Crippen molar-refractivity contribution in [1.29, 1.82) is 0 Å². The normalized spacial score (nSPS) is 14.0. The first-order chi connectivity index (χ1) is 10.1. The van der Waals surface area contributed by atoms with Gasteiger partial charge in [0, 0.05) is 20.1 Å². The van der Waals surface area contributed by atoms with Gasteiger partial charge in [-0.3, -0.25) is 0 Å². The zero-order valence-corrected chi connectivity index (χ0v) is 12.3. The van der Waals surface area contributed by atoms with Crippen LogP contribution in [0.25, 0.3) is 0 Å². The van der Waals surface area contributed by atoms with Crippen LogP contribution in [-0.4, -0.2) is 31.2 Å². The number of hydrogen-bond acceptors (Lipinski definition) is 3. The van der Waals surface area contributed by atoms with Crippen LogP contribution < -0.4 is 9.80 Å². The van der Waals surface area contributed by atoms with Crippen LogP contribution >= 0.6 is 11.6 Å². The molecule has 5 heteroatoms. The number of carboxylic acid groups (broad SMARTS) is 1. The van der Waals surface area contributed by atoms with E-state index in [1.54, 1.807) is 18.2 Å². The Balaban J connectivity index is 2.17. The molecule has 0 aliphatic carbocycles. The summed E-state index contributed by atoms with van der Waals surface area (Å²) in [6.07, 6.45) is 0. The number of benzene rings is 2. The lowest BCUT2D eigenvalue weighted by molar-refractivity contribution is 0.0698. The summed E-state index contributed by atoms with van der Waals surface area (Å²) >= 11 is 6.08. The summed E-state index contributed by atoms with van der Waals surface area (Å²) in [7, 11) is 2.03. The van der Waals surface area contributed by atoms with E-state index < -0.39 is 5.97 Å². The summed E-state index contributed by atoms with van der Waals surface area (Å²) in [4.78, 5) is 15.7. The van der Waals surface area contributed by atoms with Crippen molar-refractivity contribution in [2.24, 2.45) is 0 Å². The Hall–Kier alpha value is -2.20. The van der Waals surface area contributed by atoms with Crippen LogP contribution in [0.4, 0.5) is 17.1 Å². The number of nitrogens with zero attached hydrogens (tertiary/aromatic N) is 2. The molecule has 1 aliphatic heterocycles. The Labute approximate surface area is 128 Å². The first-order valence-corrected chi connectivity index (χ1v) is 7.07. The topological polar surface area (TPSA) is 43.8 Å². The van der Waals surface area contributed by atoms with Crippen molar-refractivity contribution in [2.75, 3.05) is 29.9 Å². The molecule has 0 atom stereocenters. The zero-order chi connectivity index (χ0) is 15.0. The summed E-state index contributed by atoms with van der Waals surface area (Å²) < 4.78 is 0. The van der Waals surface area contributed by atoms with Crippen molar-refractivity contribution >= 4 is 34.6 Å². The molecular weight excluding hydrogens is 288 g/mol. The monoisotopic (exact) mass is 302 g/mol. The quantitative estimate of drug-likeness (QED) is 0.920. The van der Waals surface area contributed by atoms with Gasteiger partial charge >= 0.3 is 5.97 Å². The van der Waals surface area contributed by atoms with Crippen LogP contribution in [0.5, 0.6) is 0 Å². The van der Waals surface area contributed by atoms with Gasteiger partial charge in [0.2, 0.25) is 0 Å². The van der Waals surface area contributed by atoms with Crippen LogP contribution in [-0.2, 0) is 0 Å². The molecular formula is C16H15ClN2O2. The molecule has 0 saturated heterocycles. The van der Waals surface area contributed by atoms with E-state index in [1.165, 1.54) is 0 Å². The fourth-order valence-electron chi connectivity index (χ4n) is 2.71. The van der Waals surface area contributed by atoms with Gasteiger partial charge in [-0.1, -0.05) is 29.8 Å². The number of carbonyl (C=O) groups is 1. The lowest BCUT2D eigenvalue weighted by Gasteiger charge is -2.37. The molecule has 0 bridgehead atoms. The molecule has 4 nitrogen and oxygen atoms in total. The van der Waals surface area contributed by atoms with Crippen molar-refractivity contribution in [2.45, 2.75) is 0 Å². The first kappa shape index (κ1) is 13.8. The van der Waals surface area contributed by atoms with Crippen LogP contribution in [0.15, 0.2) is 42.5 Å². The van der Waals surface area contributed by atoms with E-state index in [0.717, 1.165) is 17.9 Å². The van der Waals surface area contributed by atoms with Gasteiger partial charge in [0.25, 0.3) is 0 Å². The molecule has 0 spiro atoms. The Morgan fingerprint density at radius 1 is 1.05 bits per heavy atom. The Morgan fingerprint density at radius 2 is 1.71 bits per heavy atom. The van der Waals surface area contributed by atoms with E-state index in [-0.39, 0.29) is 10.6 Å². The van der Waals surface area contributed by atoms with Gasteiger partial charge in [-0.25, -0.2) is 4.79 Å². The van der Waals surface area contributed by atoms with Gasteiger partial charge < -0.3 is 14.9 Å². The van der Waals surface area contributed by atoms with Crippen molar-refractivity contribution < 1.29 is 9.90 Å². The molecule has 1 heterocycles. The maximum Gasteiger partial charge on any atom is 0.339 e. The van der Waals surface area contributed by atoms with E-state index in [4.69, 9.17) is 11.6 Å². The van der Waals surface area contributed by atoms with Crippen molar-refractivity contribution in [1.82, 2.24) is 0 Å². The molecule has 0 fully saturated rings. The van der Waals surface area contributed by atoms with Gasteiger partial charge in [0.15, 0.2) is 0 Å². The predicted octanol–water partition coefficient (Wildman–Crippen LogP) is 3.63. The zero-order valence-electron chi connectivity index (χ0n) is 11.6. The molecule has 108 valence electrons. The molecule has 2 aromatic carbocycles. The number of anilines is 3. The standard InChI is InChI=1S/C16H15ClN2O2/c1-18-9-10-19(13-7-3-2-6-12(13)18)14-8-4-5-11(17)15(14)16(20)21/h2-8H,9-10H2,1H3,(H,20,21). The number of fused-ring (bicyclic) bond motifs is 1. The lowest BCUT2D eigenvalue weighted by Crippen LogP contribution is -2.37. The van der Waals surface area contributed by atoms with Gasteiger partial charge in [-0.05, 0) is 24.3 Å². The highest BCUT2D eigenvalue weighted by Gasteiger charge is 2.25. The minimum Gasteiger partial charge on any atom is -0.478 e. The lowest BCUT2D eigenvalue weighted by atomic mass is 10.1. The number of likely N-dealkylation sites (N-methyl/N-ethyl adjacent to an activating group) is 1. The van der Waals surface area contributed by atoms with Crippen LogP contribution in [0.2, 0.25) is 5.02 Å². The smallest absolute Gasteiger partial charge is 0.339 e. The maximum atomic E-state index is 11.5. The molecule has 1 N–H and O–H groups in total. The molecule has 0 radical (unpaired) electrons. The van der Waals surface area contributed by atoms with Crippen molar-refractivity contribution in [3.8, 4) is 0 Å². The summed E-state index contributed by atoms with van der Waals surface area (Å²) in [6, 6.07) is 13.2. The van der Waals surface area contributed by atoms with Crippen molar-refractivity contribution in [3.63, 3.8) is 0 Å². The number of para-hydroxylation sites is 2. The second-order valence-electron chi connectivity index (χ2n) is 5.00. The number of halogens is 1. The molecule has 0 unspecified atom stereocenters. The minimum absolute atomic E-state index is 0.151.